The van der Waals surface area contributed by atoms with Gasteiger partial charge in [0.1, 0.15) is 6.21 Å². The molecule has 0 atom stereocenters. The van der Waals surface area contributed by atoms with Crippen LogP contribution in [0.4, 0.5) is 0 Å². The summed E-state index contributed by atoms with van der Waals surface area (Å²) >= 11 is 0. The summed E-state index contributed by atoms with van der Waals surface area (Å²) in [5.74, 6) is -1.02. The van der Waals surface area contributed by atoms with E-state index in [0.29, 0.717) is 0 Å². The summed E-state index contributed by atoms with van der Waals surface area (Å²) in [5, 5.41) is 20.1. The van der Waals surface area contributed by atoms with E-state index in [2.05, 4.69) is 4.99 Å². The summed E-state index contributed by atoms with van der Waals surface area (Å²) in [6.45, 7) is 0. The molecule has 0 radical (unpaired) electrons. The first kappa shape index (κ1) is 10.0. The third kappa shape index (κ3) is 2.33. The monoisotopic (exact) mass is 174 g/mol. The van der Waals surface area contributed by atoms with E-state index in [1.807, 2.05) is 0 Å². The maximum absolute atomic E-state index is 10.1. The van der Waals surface area contributed by atoms with E-state index in [-0.39, 0.29) is 0 Å². The molecule has 0 aromatic heterocycles. The Morgan fingerprint density at radius 3 is 2.17 bits per heavy atom. The van der Waals surface area contributed by atoms with Crippen LogP contribution in [0.1, 0.15) is 0 Å². The number of hydrogen-bond acceptors (Lipinski definition) is 6. The van der Waals surface area contributed by atoms with Gasteiger partial charge in [0.05, 0.1) is 4.92 Å². The fraction of sp³-hybridized carbons (Fsp3) is 0.250. The van der Waals surface area contributed by atoms with Crippen molar-refractivity contribution >= 4 is 6.21 Å². The normalized spacial score (nSPS) is 12.8. The third-order valence-corrected chi connectivity index (χ3v) is 0.907. The molecule has 0 bridgehead atoms. The van der Waals surface area contributed by atoms with Crippen molar-refractivity contribution in [3.05, 3.63) is 31.7 Å². The zero-order valence-corrected chi connectivity index (χ0v) is 6.13. The Labute approximate surface area is 66.7 Å². The molecule has 0 heterocycles. The van der Waals surface area contributed by atoms with Crippen molar-refractivity contribution in [3.63, 3.8) is 0 Å². The standard InChI is InChI=1S/C4H6N4O4/c1-6-2-3(7(9)10)4(5)8(11)12/h2H,5H2,1H3. The molecule has 0 rings (SSSR count). The van der Waals surface area contributed by atoms with Gasteiger partial charge in [0.25, 0.3) is 0 Å². The molecular formula is C4H6N4O4. The summed E-state index contributed by atoms with van der Waals surface area (Å²) in [6, 6.07) is 0. The molecule has 0 aromatic carbocycles. The molecule has 8 nitrogen and oxygen atoms in total. The molecule has 8 heteroatoms. The number of aliphatic imine (C=N–C) groups is 1. The Morgan fingerprint density at radius 2 is 1.92 bits per heavy atom. The lowest BCUT2D eigenvalue weighted by molar-refractivity contribution is -0.465. The minimum atomic E-state index is -1.04. The molecule has 0 spiro atoms. The predicted molar refractivity (Wildman–Crippen MR) is 39.6 cm³/mol. The van der Waals surface area contributed by atoms with Crippen LogP contribution in [0, 0.1) is 20.2 Å². The lowest BCUT2D eigenvalue weighted by Gasteiger charge is -1.92. The summed E-state index contributed by atoms with van der Waals surface area (Å²) < 4.78 is 0. The fourth-order valence-corrected chi connectivity index (χ4v) is 0.423. The van der Waals surface area contributed by atoms with E-state index in [9.17, 15) is 20.2 Å². The van der Waals surface area contributed by atoms with Gasteiger partial charge in [0, 0.05) is 7.05 Å². The molecule has 12 heavy (non-hydrogen) atoms. The van der Waals surface area contributed by atoms with Crippen LogP contribution in [0.15, 0.2) is 16.5 Å². The highest BCUT2D eigenvalue weighted by atomic mass is 16.6. The second kappa shape index (κ2) is 4.01. The predicted octanol–water partition coefficient (Wildman–Crippen LogP) is -0.632. The average Bonchev–Trinajstić information content (AvgIpc) is 1.98. The van der Waals surface area contributed by atoms with E-state index in [1.54, 1.807) is 0 Å². The molecule has 0 amide bonds. The van der Waals surface area contributed by atoms with Crippen LogP contribution in [0.3, 0.4) is 0 Å². The zero-order valence-electron chi connectivity index (χ0n) is 6.13. The SMILES string of the molecule is CN=CC(=C(N)[N+](=O)[O-])[N+](=O)[O-]. The van der Waals surface area contributed by atoms with Crippen molar-refractivity contribution in [1.82, 2.24) is 0 Å². The van der Waals surface area contributed by atoms with Crippen LogP contribution in [0.5, 0.6) is 0 Å². The van der Waals surface area contributed by atoms with Gasteiger partial charge >= 0.3 is 11.5 Å². The van der Waals surface area contributed by atoms with Crippen molar-refractivity contribution in [1.29, 1.82) is 0 Å². The van der Waals surface area contributed by atoms with Crippen molar-refractivity contribution in [2.45, 2.75) is 0 Å². The Morgan fingerprint density at radius 1 is 1.42 bits per heavy atom. The minimum Gasteiger partial charge on any atom is -0.358 e. The molecule has 66 valence electrons. The van der Waals surface area contributed by atoms with Crippen LogP contribution >= 0.6 is 0 Å². The quantitative estimate of drug-likeness (QED) is 0.346. The van der Waals surface area contributed by atoms with Crippen LogP contribution < -0.4 is 5.73 Å². The number of hydrogen-bond donors (Lipinski definition) is 1. The van der Waals surface area contributed by atoms with E-state index >= 15 is 0 Å². The van der Waals surface area contributed by atoms with E-state index in [1.165, 1.54) is 7.05 Å². The summed E-state index contributed by atoms with van der Waals surface area (Å²) in [7, 11) is 1.25. The molecule has 0 saturated carbocycles. The maximum Gasteiger partial charge on any atom is 0.394 e. The van der Waals surface area contributed by atoms with Gasteiger partial charge in [-0.05, 0) is 4.92 Å². The van der Waals surface area contributed by atoms with Gasteiger partial charge in [-0.3, -0.25) is 20.8 Å². The highest BCUT2D eigenvalue weighted by Crippen LogP contribution is 1.97. The van der Waals surface area contributed by atoms with Crippen molar-refractivity contribution in [3.8, 4) is 0 Å². The number of allylic oxidation sites excluding steroid dienone is 1. The van der Waals surface area contributed by atoms with Gasteiger partial charge in [-0.1, -0.05) is 0 Å². The first-order chi connectivity index (χ1) is 5.50. The Kier molecular flexibility index (Phi) is 3.34. The molecular weight excluding hydrogens is 168 g/mol. The molecule has 0 unspecified atom stereocenters. The van der Waals surface area contributed by atoms with E-state index in [4.69, 9.17) is 5.73 Å². The lowest BCUT2D eigenvalue weighted by atomic mass is 10.5. The van der Waals surface area contributed by atoms with E-state index in [0.717, 1.165) is 6.21 Å². The van der Waals surface area contributed by atoms with Gasteiger partial charge in [0.15, 0.2) is 0 Å². The van der Waals surface area contributed by atoms with Crippen molar-refractivity contribution in [2.24, 2.45) is 10.7 Å². The molecule has 0 aliphatic carbocycles. The second-order valence-corrected chi connectivity index (χ2v) is 1.67. The number of nitrogens with two attached hydrogens (primary N) is 1. The molecule has 0 saturated heterocycles. The van der Waals surface area contributed by atoms with Crippen molar-refractivity contribution < 1.29 is 9.85 Å². The Balaban J connectivity index is 5.07. The van der Waals surface area contributed by atoms with Gasteiger partial charge in [0.2, 0.25) is 0 Å². The minimum absolute atomic E-state index is 0.720. The average molecular weight is 174 g/mol. The van der Waals surface area contributed by atoms with Gasteiger partial charge < -0.3 is 10.1 Å². The largest absolute Gasteiger partial charge is 0.394 e. The number of nitro groups is 2. The topological polar surface area (TPSA) is 125 Å². The Hall–Kier alpha value is -1.99. The summed E-state index contributed by atoms with van der Waals surface area (Å²) in [6.07, 6.45) is 0.720. The maximum atomic E-state index is 10.1. The molecule has 0 aliphatic rings. The third-order valence-electron chi connectivity index (χ3n) is 0.907. The molecule has 2 N–H and O–H groups in total. The van der Waals surface area contributed by atoms with Crippen LogP contribution in [-0.4, -0.2) is 23.1 Å². The molecule has 0 aromatic rings. The van der Waals surface area contributed by atoms with Crippen LogP contribution in [0.25, 0.3) is 0 Å². The van der Waals surface area contributed by atoms with Crippen LogP contribution in [-0.2, 0) is 0 Å². The lowest BCUT2D eigenvalue weighted by Crippen LogP contribution is -2.17. The molecule has 0 aliphatic heterocycles. The fourth-order valence-electron chi connectivity index (χ4n) is 0.423. The van der Waals surface area contributed by atoms with Crippen LogP contribution in [0.2, 0.25) is 0 Å². The van der Waals surface area contributed by atoms with E-state index < -0.39 is 21.4 Å². The van der Waals surface area contributed by atoms with Gasteiger partial charge in [-0.15, -0.1) is 0 Å². The van der Waals surface area contributed by atoms with Crippen molar-refractivity contribution in [2.75, 3.05) is 7.05 Å². The second-order valence-electron chi connectivity index (χ2n) is 1.67. The van der Waals surface area contributed by atoms with Gasteiger partial charge in [-0.25, -0.2) is 0 Å². The molecule has 0 fully saturated rings. The first-order valence-electron chi connectivity index (χ1n) is 2.71. The van der Waals surface area contributed by atoms with Gasteiger partial charge in [-0.2, -0.15) is 0 Å². The Bertz CT molecular complexity index is 268. The first-order valence-corrected chi connectivity index (χ1v) is 2.71. The summed E-state index contributed by atoms with van der Waals surface area (Å²) in [5.41, 5.74) is 3.98. The zero-order chi connectivity index (χ0) is 9.72. The highest BCUT2D eigenvalue weighted by molar-refractivity contribution is 5.75. The summed E-state index contributed by atoms with van der Waals surface area (Å²) in [4.78, 5) is 21.3. The highest BCUT2D eigenvalue weighted by Gasteiger charge is 2.21. The number of rotatable bonds is 3. The number of nitrogens with zero attached hydrogens (tertiary/aromatic N) is 3. The smallest absolute Gasteiger partial charge is 0.358 e.